The van der Waals surface area contributed by atoms with Crippen molar-refractivity contribution in [2.45, 2.75) is 6.18 Å². The molecule has 3 aromatic rings. The summed E-state index contributed by atoms with van der Waals surface area (Å²) in [6.45, 7) is -0.428. The van der Waals surface area contributed by atoms with Crippen LogP contribution >= 0.6 is 0 Å². The van der Waals surface area contributed by atoms with Crippen LogP contribution in [0.2, 0.25) is 0 Å². The van der Waals surface area contributed by atoms with E-state index in [4.69, 9.17) is 9.47 Å². The number of methoxy groups -OCH3 is 1. The van der Waals surface area contributed by atoms with Crippen LogP contribution in [0.1, 0.15) is 11.1 Å². The number of alkyl halides is 3. The van der Waals surface area contributed by atoms with Crippen LogP contribution in [0.15, 0.2) is 77.9 Å². The van der Waals surface area contributed by atoms with Gasteiger partial charge in [-0.3, -0.25) is 14.4 Å². The van der Waals surface area contributed by atoms with Crippen LogP contribution in [0, 0.1) is 0 Å². The smallest absolute Gasteiger partial charge is 0.416 e. The molecule has 37 heavy (non-hydrogen) atoms. The molecule has 192 valence electrons. The monoisotopic (exact) mass is 514 g/mol. The lowest BCUT2D eigenvalue weighted by Crippen LogP contribution is -2.32. The molecular weight excluding hydrogens is 493 g/mol. The summed E-state index contributed by atoms with van der Waals surface area (Å²) in [5, 5.41) is 8.47. The Morgan fingerprint density at radius 2 is 1.54 bits per heavy atom. The number of rotatable bonds is 8. The first-order valence-corrected chi connectivity index (χ1v) is 10.6. The molecule has 3 aromatic carbocycles. The lowest BCUT2D eigenvalue weighted by atomic mass is 10.2. The molecule has 3 rings (SSSR count). The van der Waals surface area contributed by atoms with Gasteiger partial charge in [-0.15, -0.1) is 0 Å². The van der Waals surface area contributed by atoms with Crippen molar-refractivity contribution in [1.82, 2.24) is 5.43 Å². The van der Waals surface area contributed by atoms with E-state index in [1.54, 1.807) is 36.4 Å². The number of nitrogens with zero attached hydrogens (tertiary/aromatic N) is 1. The van der Waals surface area contributed by atoms with Gasteiger partial charge in [0.05, 0.1) is 18.9 Å². The van der Waals surface area contributed by atoms with Crippen molar-refractivity contribution in [1.29, 1.82) is 0 Å². The number of halogens is 3. The highest BCUT2D eigenvalue weighted by Crippen LogP contribution is 2.30. The molecule has 0 atom stereocenters. The number of nitrogens with one attached hydrogen (secondary N) is 3. The molecule has 0 aromatic heterocycles. The van der Waals surface area contributed by atoms with Gasteiger partial charge < -0.3 is 20.1 Å². The lowest BCUT2D eigenvalue weighted by molar-refractivity contribution is -0.137. The maximum absolute atomic E-state index is 12.8. The van der Waals surface area contributed by atoms with Crippen molar-refractivity contribution in [3.8, 4) is 11.5 Å². The zero-order valence-electron chi connectivity index (χ0n) is 19.3. The Morgan fingerprint density at radius 1 is 0.865 bits per heavy atom. The number of amides is 3. The van der Waals surface area contributed by atoms with Crippen LogP contribution in [0.3, 0.4) is 0 Å². The summed E-state index contributed by atoms with van der Waals surface area (Å²) in [5.41, 5.74) is 2.18. The highest BCUT2D eigenvalue weighted by molar-refractivity contribution is 6.39. The number of ether oxygens (including phenoxy) is 2. The third-order valence-corrected chi connectivity index (χ3v) is 4.66. The number of carbonyl (C=O) groups is 3. The number of hydrogen-bond donors (Lipinski definition) is 3. The molecule has 0 radical (unpaired) electrons. The predicted molar refractivity (Wildman–Crippen MR) is 129 cm³/mol. The van der Waals surface area contributed by atoms with E-state index in [2.05, 4.69) is 21.2 Å². The van der Waals surface area contributed by atoms with Crippen LogP contribution in [0.4, 0.5) is 24.5 Å². The van der Waals surface area contributed by atoms with Gasteiger partial charge in [0.15, 0.2) is 6.61 Å². The minimum absolute atomic E-state index is 0.00490. The number of carbonyl (C=O) groups excluding carboxylic acids is 3. The zero-order valence-corrected chi connectivity index (χ0v) is 19.3. The summed E-state index contributed by atoms with van der Waals surface area (Å²) in [7, 11) is 1.51. The third-order valence-electron chi connectivity index (χ3n) is 4.66. The Balaban J connectivity index is 1.43. The molecule has 0 aliphatic rings. The quantitative estimate of drug-likeness (QED) is 0.240. The summed E-state index contributed by atoms with van der Waals surface area (Å²) in [6, 6.07) is 16.9. The third kappa shape index (κ3) is 8.38. The lowest BCUT2D eigenvalue weighted by Gasteiger charge is -2.10. The minimum Gasteiger partial charge on any atom is -0.497 e. The van der Waals surface area contributed by atoms with Gasteiger partial charge in [0, 0.05) is 11.4 Å². The van der Waals surface area contributed by atoms with Gasteiger partial charge in [0.2, 0.25) is 0 Å². The topological polar surface area (TPSA) is 118 Å². The minimum atomic E-state index is -4.52. The maximum atomic E-state index is 12.8. The van der Waals surface area contributed by atoms with Crippen molar-refractivity contribution in [3.63, 3.8) is 0 Å². The largest absolute Gasteiger partial charge is 0.497 e. The Labute approximate surface area is 209 Å². The van der Waals surface area contributed by atoms with Crippen LogP contribution in [0.25, 0.3) is 0 Å². The van der Waals surface area contributed by atoms with Crippen LogP contribution in [-0.4, -0.2) is 37.7 Å². The van der Waals surface area contributed by atoms with Crippen molar-refractivity contribution in [2.24, 2.45) is 5.10 Å². The van der Waals surface area contributed by atoms with Gasteiger partial charge >= 0.3 is 18.0 Å². The molecule has 0 unspecified atom stereocenters. The average molecular weight is 514 g/mol. The maximum Gasteiger partial charge on any atom is 0.416 e. The molecule has 0 heterocycles. The molecular formula is C25H21F3N4O5. The zero-order chi connectivity index (χ0) is 26.8. The first kappa shape index (κ1) is 26.7. The van der Waals surface area contributed by atoms with Crippen molar-refractivity contribution < 1.29 is 37.0 Å². The second-order valence-electron chi connectivity index (χ2n) is 7.37. The van der Waals surface area contributed by atoms with Crippen LogP contribution < -0.4 is 25.5 Å². The van der Waals surface area contributed by atoms with E-state index in [1.807, 2.05) is 0 Å². The predicted octanol–water partition coefficient (Wildman–Crippen LogP) is 3.82. The highest BCUT2D eigenvalue weighted by atomic mass is 19.4. The molecule has 0 saturated heterocycles. The van der Waals surface area contributed by atoms with E-state index in [9.17, 15) is 27.6 Å². The number of anilines is 2. The molecule has 0 fully saturated rings. The van der Waals surface area contributed by atoms with Gasteiger partial charge in [-0.25, -0.2) is 5.43 Å². The van der Waals surface area contributed by atoms with E-state index >= 15 is 0 Å². The van der Waals surface area contributed by atoms with E-state index < -0.39 is 36.1 Å². The molecule has 3 N–H and O–H groups in total. The molecule has 0 saturated carbocycles. The Kier molecular flexibility index (Phi) is 8.81. The first-order valence-electron chi connectivity index (χ1n) is 10.6. The fraction of sp³-hybridized carbons (Fsp3) is 0.120. The second kappa shape index (κ2) is 12.2. The summed E-state index contributed by atoms with van der Waals surface area (Å²) in [6.07, 6.45) is -3.22. The summed E-state index contributed by atoms with van der Waals surface area (Å²) in [4.78, 5) is 35.8. The van der Waals surface area contributed by atoms with E-state index in [1.165, 1.54) is 37.6 Å². The molecule has 0 bridgehead atoms. The SMILES string of the molecule is COc1ccc(NC(=O)C(=O)N/N=C\c2ccc(OCC(=O)Nc3cccc(C(F)(F)F)c3)cc2)cc1. The summed E-state index contributed by atoms with van der Waals surface area (Å²) in [5.74, 6) is -1.60. The van der Waals surface area contributed by atoms with Gasteiger partial charge in [-0.2, -0.15) is 18.3 Å². The molecule has 0 spiro atoms. The summed E-state index contributed by atoms with van der Waals surface area (Å²) >= 11 is 0. The van der Waals surface area contributed by atoms with Crippen LogP contribution in [0.5, 0.6) is 11.5 Å². The van der Waals surface area contributed by atoms with E-state index in [-0.39, 0.29) is 5.69 Å². The second-order valence-corrected chi connectivity index (χ2v) is 7.37. The van der Waals surface area contributed by atoms with Gasteiger partial charge in [0.25, 0.3) is 5.91 Å². The molecule has 9 nitrogen and oxygen atoms in total. The van der Waals surface area contributed by atoms with Gasteiger partial charge in [-0.1, -0.05) is 6.07 Å². The Morgan fingerprint density at radius 3 is 2.19 bits per heavy atom. The van der Waals surface area contributed by atoms with Gasteiger partial charge in [0.1, 0.15) is 11.5 Å². The normalized spacial score (nSPS) is 11.0. The van der Waals surface area contributed by atoms with Crippen molar-refractivity contribution >= 4 is 35.3 Å². The Bertz CT molecular complexity index is 1280. The molecule has 3 amide bonds. The fourth-order valence-corrected chi connectivity index (χ4v) is 2.85. The van der Waals surface area contributed by atoms with Crippen molar-refractivity contribution in [3.05, 3.63) is 83.9 Å². The first-order chi connectivity index (χ1) is 17.6. The van der Waals surface area contributed by atoms with E-state index in [0.29, 0.717) is 22.7 Å². The van der Waals surface area contributed by atoms with E-state index in [0.717, 1.165) is 12.1 Å². The number of benzene rings is 3. The fourth-order valence-electron chi connectivity index (χ4n) is 2.85. The van der Waals surface area contributed by atoms with Crippen molar-refractivity contribution in [2.75, 3.05) is 24.4 Å². The molecule has 0 aliphatic carbocycles. The standard InChI is InChI=1S/C25H21F3N4O5/c1-36-20-11-7-18(8-12-20)31-23(34)24(35)32-29-14-16-5-9-21(10-6-16)37-15-22(33)30-19-4-2-3-17(13-19)25(26,27)28/h2-14H,15H2,1H3,(H,30,33)(H,31,34)(H,32,35)/b29-14-. The van der Waals surface area contributed by atoms with Crippen LogP contribution in [-0.2, 0) is 20.6 Å². The summed E-state index contributed by atoms with van der Waals surface area (Å²) < 4.78 is 48.7. The molecule has 0 aliphatic heterocycles. The average Bonchev–Trinajstić information content (AvgIpc) is 2.88. The number of hydrazone groups is 1. The van der Waals surface area contributed by atoms with Gasteiger partial charge in [-0.05, 0) is 72.3 Å². The Hall–Kier alpha value is -4.87. The molecule has 12 heteroatoms. The number of hydrogen-bond acceptors (Lipinski definition) is 6. The highest BCUT2D eigenvalue weighted by Gasteiger charge is 2.30.